The van der Waals surface area contributed by atoms with Gasteiger partial charge in [0, 0.05) is 29.4 Å². The summed E-state index contributed by atoms with van der Waals surface area (Å²) in [6, 6.07) is 0. The van der Waals surface area contributed by atoms with Crippen molar-refractivity contribution in [2.24, 2.45) is 0 Å². The van der Waals surface area contributed by atoms with Crippen LogP contribution in [0.15, 0.2) is 11.1 Å². The van der Waals surface area contributed by atoms with E-state index in [1.807, 2.05) is 0 Å². The number of sulfonamides is 1. The Morgan fingerprint density at radius 3 is 2.73 bits per heavy atom. The molecular formula is C7H13N3O3S2. The van der Waals surface area contributed by atoms with Gasteiger partial charge in [-0.3, -0.25) is 9.31 Å². The van der Waals surface area contributed by atoms with E-state index in [4.69, 9.17) is 0 Å². The van der Waals surface area contributed by atoms with Gasteiger partial charge in [-0.05, 0) is 6.92 Å². The maximum absolute atomic E-state index is 11.6. The molecule has 8 heteroatoms. The van der Waals surface area contributed by atoms with Crippen LogP contribution in [0.2, 0.25) is 0 Å². The lowest BCUT2D eigenvalue weighted by molar-refractivity contribution is 0.583. The Bertz CT molecular complexity index is 452. The first-order chi connectivity index (χ1) is 6.93. The third-order valence-corrected chi connectivity index (χ3v) is 4.11. The number of nitrogens with one attached hydrogen (secondary N) is 2. The lowest BCUT2D eigenvalue weighted by Crippen LogP contribution is -2.27. The SMILES string of the molecule is Cc1[nH]ncc1S(=O)(=O)NCCS(C)=O. The van der Waals surface area contributed by atoms with Crippen molar-refractivity contribution in [3.8, 4) is 0 Å². The van der Waals surface area contributed by atoms with Gasteiger partial charge in [0.15, 0.2) is 0 Å². The second-order valence-corrected chi connectivity index (χ2v) is 6.32. The molecule has 0 saturated carbocycles. The van der Waals surface area contributed by atoms with Gasteiger partial charge < -0.3 is 0 Å². The first-order valence-corrected chi connectivity index (χ1v) is 7.44. The molecule has 0 saturated heterocycles. The normalized spacial score (nSPS) is 14.0. The highest BCUT2D eigenvalue weighted by atomic mass is 32.2. The van der Waals surface area contributed by atoms with E-state index in [0.717, 1.165) is 0 Å². The van der Waals surface area contributed by atoms with Crippen LogP contribution in [0.3, 0.4) is 0 Å². The first-order valence-electron chi connectivity index (χ1n) is 4.23. The molecule has 1 aromatic rings. The van der Waals surface area contributed by atoms with Gasteiger partial charge in [-0.25, -0.2) is 13.1 Å². The van der Waals surface area contributed by atoms with E-state index in [0.29, 0.717) is 11.4 Å². The average Bonchev–Trinajstić information content (AvgIpc) is 2.50. The predicted octanol–water partition coefficient (Wildman–Crippen LogP) is -0.625. The number of nitrogens with zero attached hydrogens (tertiary/aromatic N) is 1. The summed E-state index contributed by atoms with van der Waals surface area (Å²) in [6.45, 7) is 1.79. The summed E-state index contributed by atoms with van der Waals surface area (Å²) in [5, 5.41) is 6.17. The van der Waals surface area contributed by atoms with Crippen LogP contribution < -0.4 is 4.72 Å². The summed E-state index contributed by atoms with van der Waals surface area (Å²) in [5.74, 6) is 0.302. The number of rotatable bonds is 5. The molecule has 15 heavy (non-hydrogen) atoms. The van der Waals surface area contributed by atoms with Crippen LogP contribution >= 0.6 is 0 Å². The second-order valence-electron chi connectivity index (χ2n) is 3.03. The minimum Gasteiger partial charge on any atom is -0.281 e. The summed E-state index contributed by atoms with van der Waals surface area (Å²) in [4.78, 5) is 0.129. The van der Waals surface area contributed by atoms with Crippen LogP contribution in [-0.4, -0.2) is 41.4 Å². The molecule has 6 nitrogen and oxygen atoms in total. The lowest BCUT2D eigenvalue weighted by atomic mass is 10.5. The molecular weight excluding hydrogens is 238 g/mol. The van der Waals surface area contributed by atoms with Gasteiger partial charge in [-0.1, -0.05) is 0 Å². The molecule has 0 aliphatic carbocycles. The molecule has 0 spiro atoms. The Morgan fingerprint density at radius 1 is 1.60 bits per heavy atom. The zero-order valence-electron chi connectivity index (χ0n) is 8.48. The molecule has 0 aliphatic heterocycles. The van der Waals surface area contributed by atoms with E-state index in [9.17, 15) is 12.6 Å². The molecule has 0 aliphatic rings. The van der Waals surface area contributed by atoms with Gasteiger partial charge in [-0.2, -0.15) is 5.10 Å². The molecule has 0 fully saturated rings. The average molecular weight is 251 g/mol. The van der Waals surface area contributed by atoms with Crippen molar-refractivity contribution in [2.75, 3.05) is 18.6 Å². The summed E-state index contributed by atoms with van der Waals surface area (Å²) in [5.41, 5.74) is 0.486. The highest BCUT2D eigenvalue weighted by Crippen LogP contribution is 2.09. The molecule has 1 atom stereocenters. The summed E-state index contributed by atoms with van der Waals surface area (Å²) < 4.78 is 36.3. The standard InChI is InChI=1S/C7H13N3O3S2/c1-6-7(5-8-10-6)15(12,13)9-3-4-14(2)11/h5,9H,3-4H2,1-2H3,(H,8,10). The van der Waals surface area contributed by atoms with Crippen molar-refractivity contribution in [3.63, 3.8) is 0 Å². The van der Waals surface area contributed by atoms with E-state index in [1.54, 1.807) is 6.92 Å². The molecule has 0 bridgehead atoms. The van der Waals surface area contributed by atoms with Crippen LogP contribution in [0.25, 0.3) is 0 Å². The van der Waals surface area contributed by atoms with Crippen LogP contribution in [-0.2, 0) is 20.8 Å². The quantitative estimate of drug-likeness (QED) is 0.729. The van der Waals surface area contributed by atoms with Crippen molar-refractivity contribution in [1.82, 2.24) is 14.9 Å². The topological polar surface area (TPSA) is 91.9 Å². The molecule has 2 N–H and O–H groups in total. The zero-order chi connectivity index (χ0) is 11.5. The minimum absolute atomic E-state index is 0.129. The Balaban J connectivity index is 2.69. The molecule has 86 valence electrons. The van der Waals surface area contributed by atoms with Gasteiger partial charge >= 0.3 is 0 Å². The highest BCUT2D eigenvalue weighted by molar-refractivity contribution is 7.89. The fraction of sp³-hybridized carbons (Fsp3) is 0.571. The van der Waals surface area contributed by atoms with E-state index in [-0.39, 0.29) is 11.4 Å². The second kappa shape index (κ2) is 4.86. The smallest absolute Gasteiger partial charge is 0.243 e. The third kappa shape index (κ3) is 3.40. The summed E-state index contributed by atoms with van der Waals surface area (Å²) in [7, 11) is -4.52. The molecule has 1 unspecified atom stereocenters. The van der Waals surface area contributed by atoms with Crippen LogP contribution in [0, 0.1) is 6.92 Å². The van der Waals surface area contributed by atoms with Crippen molar-refractivity contribution >= 4 is 20.8 Å². The fourth-order valence-corrected chi connectivity index (χ4v) is 2.69. The van der Waals surface area contributed by atoms with E-state index in [1.165, 1.54) is 12.5 Å². The highest BCUT2D eigenvalue weighted by Gasteiger charge is 2.17. The lowest BCUT2D eigenvalue weighted by Gasteiger charge is -2.03. The molecule has 1 heterocycles. The largest absolute Gasteiger partial charge is 0.281 e. The monoisotopic (exact) mass is 251 g/mol. The predicted molar refractivity (Wildman–Crippen MR) is 57.4 cm³/mol. The molecule has 0 aromatic carbocycles. The molecule has 0 amide bonds. The number of hydrogen-bond acceptors (Lipinski definition) is 4. The van der Waals surface area contributed by atoms with Crippen LogP contribution in [0.5, 0.6) is 0 Å². The maximum atomic E-state index is 11.6. The van der Waals surface area contributed by atoms with Gasteiger partial charge in [0.05, 0.1) is 11.9 Å². The van der Waals surface area contributed by atoms with Gasteiger partial charge in [0.2, 0.25) is 10.0 Å². The van der Waals surface area contributed by atoms with Crippen molar-refractivity contribution < 1.29 is 12.6 Å². The molecule has 1 aromatic heterocycles. The molecule has 1 rings (SSSR count). The summed E-state index contributed by atoms with van der Waals surface area (Å²) >= 11 is 0. The number of aromatic amines is 1. The first kappa shape index (κ1) is 12.3. The van der Waals surface area contributed by atoms with E-state index >= 15 is 0 Å². The van der Waals surface area contributed by atoms with Crippen LogP contribution in [0.4, 0.5) is 0 Å². The molecule has 0 radical (unpaired) electrons. The number of H-pyrrole nitrogens is 1. The third-order valence-electron chi connectivity index (χ3n) is 1.75. The van der Waals surface area contributed by atoms with E-state index < -0.39 is 20.8 Å². The fourth-order valence-electron chi connectivity index (χ4n) is 1.01. The van der Waals surface area contributed by atoms with Gasteiger partial charge in [-0.15, -0.1) is 0 Å². The number of hydrogen-bond donors (Lipinski definition) is 2. The number of aromatic nitrogens is 2. The Hall–Kier alpha value is -0.730. The van der Waals surface area contributed by atoms with Crippen molar-refractivity contribution in [3.05, 3.63) is 11.9 Å². The Kier molecular flexibility index (Phi) is 4.00. The Labute approximate surface area is 91.0 Å². The van der Waals surface area contributed by atoms with Gasteiger partial charge in [0.25, 0.3) is 0 Å². The van der Waals surface area contributed by atoms with Gasteiger partial charge in [0.1, 0.15) is 4.90 Å². The Morgan fingerprint density at radius 2 is 2.27 bits per heavy atom. The van der Waals surface area contributed by atoms with E-state index in [2.05, 4.69) is 14.9 Å². The zero-order valence-corrected chi connectivity index (χ0v) is 10.1. The minimum atomic E-state index is -3.52. The summed E-state index contributed by atoms with van der Waals surface area (Å²) in [6.07, 6.45) is 2.78. The van der Waals surface area contributed by atoms with Crippen molar-refractivity contribution in [2.45, 2.75) is 11.8 Å². The van der Waals surface area contributed by atoms with Crippen LogP contribution in [0.1, 0.15) is 5.69 Å². The number of aryl methyl sites for hydroxylation is 1. The van der Waals surface area contributed by atoms with Crippen molar-refractivity contribution in [1.29, 1.82) is 0 Å². The maximum Gasteiger partial charge on any atom is 0.243 e.